The Morgan fingerprint density at radius 3 is 2.76 bits per heavy atom. The third kappa shape index (κ3) is 6.07. The Labute approximate surface area is 173 Å². The van der Waals surface area contributed by atoms with Crippen LogP contribution < -0.4 is 10.6 Å². The van der Waals surface area contributed by atoms with Crippen LogP contribution in [-0.2, 0) is 11.3 Å². The normalized spacial score (nSPS) is 14.3. The van der Waals surface area contributed by atoms with E-state index in [2.05, 4.69) is 49.6 Å². The van der Waals surface area contributed by atoms with E-state index in [0.717, 1.165) is 48.8 Å². The van der Waals surface area contributed by atoms with Crippen molar-refractivity contribution in [1.82, 2.24) is 25.5 Å². The van der Waals surface area contributed by atoms with Crippen LogP contribution >= 0.6 is 0 Å². The number of imidazole rings is 1. The summed E-state index contributed by atoms with van der Waals surface area (Å²) in [6.45, 7) is 4.85. The number of guanidine groups is 1. The molecule has 3 rings (SSSR count). The first kappa shape index (κ1) is 20.9. The summed E-state index contributed by atoms with van der Waals surface area (Å²) < 4.78 is 0. The number of amides is 1. The van der Waals surface area contributed by atoms with Crippen molar-refractivity contribution in [2.45, 2.75) is 39.2 Å². The molecule has 0 aliphatic heterocycles. The number of H-pyrrole nitrogens is 1. The van der Waals surface area contributed by atoms with E-state index in [0.29, 0.717) is 19.6 Å². The standard InChI is InChI=1S/C22H32N6O/c1-3-23-22(25-14-8-13-24-21(29)18-11-7-12-18)28(2)16-20-26-15-19(27-20)17-9-5-4-6-10-17/h4-6,9-10,15,18H,3,7-8,11-14,16H2,1-2H3,(H,23,25)(H,24,29)(H,26,27). The molecule has 1 fully saturated rings. The van der Waals surface area contributed by atoms with Crippen LogP contribution in [0.1, 0.15) is 38.4 Å². The van der Waals surface area contributed by atoms with Crippen molar-refractivity contribution in [3.63, 3.8) is 0 Å². The van der Waals surface area contributed by atoms with Gasteiger partial charge in [0, 0.05) is 32.6 Å². The number of aliphatic imine (C=N–C) groups is 1. The number of carbonyl (C=O) groups is 1. The highest BCUT2D eigenvalue weighted by Gasteiger charge is 2.24. The quantitative estimate of drug-likeness (QED) is 0.346. The van der Waals surface area contributed by atoms with Gasteiger partial charge in [0.2, 0.25) is 5.91 Å². The Kier molecular flexibility index (Phi) is 7.67. The molecule has 1 aromatic heterocycles. The molecule has 0 saturated heterocycles. The van der Waals surface area contributed by atoms with Crippen LogP contribution in [0, 0.1) is 5.92 Å². The molecule has 0 bridgehead atoms. The number of hydrogen-bond acceptors (Lipinski definition) is 3. The highest BCUT2D eigenvalue weighted by molar-refractivity contribution is 5.80. The van der Waals surface area contributed by atoms with Gasteiger partial charge in [-0.25, -0.2) is 4.98 Å². The van der Waals surface area contributed by atoms with Crippen molar-refractivity contribution in [2.75, 3.05) is 26.7 Å². The maximum atomic E-state index is 11.9. The number of hydrogen-bond donors (Lipinski definition) is 3. The molecule has 29 heavy (non-hydrogen) atoms. The summed E-state index contributed by atoms with van der Waals surface area (Å²) in [5.41, 5.74) is 2.14. The molecular formula is C22H32N6O. The van der Waals surface area contributed by atoms with E-state index >= 15 is 0 Å². The molecule has 0 radical (unpaired) electrons. The molecule has 1 aliphatic rings. The molecule has 0 spiro atoms. The summed E-state index contributed by atoms with van der Waals surface area (Å²) in [4.78, 5) is 26.5. The third-order valence-corrected chi connectivity index (χ3v) is 5.17. The molecule has 1 aliphatic carbocycles. The van der Waals surface area contributed by atoms with Gasteiger partial charge in [-0.1, -0.05) is 36.8 Å². The van der Waals surface area contributed by atoms with Crippen molar-refractivity contribution in [1.29, 1.82) is 0 Å². The predicted molar refractivity (Wildman–Crippen MR) is 116 cm³/mol. The highest BCUT2D eigenvalue weighted by atomic mass is 16.1. The van der Waals surface area contributed by atoms with Gasteiger partial charge in [0.25, 0.3) is 0 Å². The Hall–Kier alpha value is -2.83. The predicted octanol–water partition coefficient (Wildman–Crippen LogP) is 2.78. The van der Waals surface area contributed by atoms with Gasteiger partial charge >= 0.3 is 0 Å². The Morgan fingerprint density at radius 2 is 2.07 bits per heavy atom. The molecule has 7 nitrogen and oxygen atoms in total. The fraction of sp³-hybridized carbons (Fsp3) is 0.500. The fourth-order valence-electron chi connectivity index (χ4n) is 3.27. The second-order valence-electron chi connectivity index (χ2n) is 7.47. The number of carbonyl (C=O) groups excluding carboxylic acids is 1. The monoisotopic (exact) mass is 396 g/mol. The van der Waals surface area contributed by atoms with Crippen LogP contribution in [0.3, 0.4) is 0 Å². The van der Waals surface area contributed by atoms with E-state index in [1.807, 2.05) is 31.4 Å². The SMILES string of the molecule is CCNC(=NCCCNC(=O)C1CCC1)N(C)Cc1ncc(-c2ccccc2)[nH]1. The van der Waals surface area contributed by atoms with Crippen molar-refractivity contribution >= 4 is 11.9 Å². The van der Waals surface area contributed by atoms with Crippen LogP contribution in [0.15, 0.2) is 41.5 Å². The summed E-state index contributed by atoms with van der Waals surface area (Å²) in [5.74, 6) is 2.19. The van der Waals surface area contributed by atoms with Gasteiger partial charge in [-0.2, -0.15) is 0 Å². The lowest BCUT2D eigenvalue weighted by molar-refractivity contribution is -0.127. The average Bonchev–Trinajstić information content (AvgIpc) is 3.14. The van der Waals surface area contributed by atoms with Gasteiger partial charge < -0.3 is 20.5 Å². The molecule has 1 aromatic carbocycles. The van der Waals surface area contributed by atoms with E-state index in [1.165, 1.54) is 6.42 Å². The molecule has 0 unspecified atom stereocenters. The largest absolute Gasteiger partial charge is 0.357 e. The Bertz CT molecular complexity index is 797. The summed E-state index contributed by atoms with van der Waals surface area (Å²) >= 11 is 0. The van der Waals surface area contributed by atoms with Gasteiger partial charge in [0.1, 0.15) is 5.82 Å². The van der Waals surface area contributed by atoms with E-state index < -0.39 is 0 Å². The number of nitrogens with one attached hydrogen (secondary N) is 3. The van der Waals surface area contributed by atoms with Crippen LogP contribution in [-0.4, -0.2) is 53.4 Å². The zero-order valence-electron chi connectivity index (χ0n) is 17.4. The minimum atomic E-state index is 0.205. The van der Waals surface area contributed by atoms with Gasteiger partial charge in [-0.15, -0.1) is 0 Å². The first-order valence-electron chi connectivity index (χ1n) is 10.5. The van der Waals surface area contributed by atoms with Gasteiger partial charge in [0.05, 0.1) is 18.4 Å². The summed E-state index contributed by atoms with van der Waals surface area (Å²) in [5, 5.41) is 6.34. The maximum Gasteiger partial charge on any atom is 0.223 e. The molecule has 156 valence electrons. The van der Waals surface area contributed by atoms with Crippen LogP contribution in [0.2, 0.25) is 0 Å². The lowest BCUT2D eigenvalue weighted by Crippen LogP contribution is -2.39. The number of nitrogens with zero attached hydrogens (tertiary/aromatic N) is 3. The fourth-order valence-corrected chi connectivity index (χ4v) is 3.27. The van der Waals surface area contributed by atoms with E-state index in [4.69, 9.17) is 0 Å². The average molecular weight is 397 g/mol. The first-order valence-corrected chi connectivity index (χ1v) is 10.5. The van der Waals surface area contributed by atoms with Gasteiger partial charge in [0.15, 0.2) is 5.96 Å². The summed E-state index contributed by atoms with van der Waals surface area (Å²) in [6.07, 6.45) is 5.97. The van der Waals surface area contributed by atoms with Crippen LogP contribution in [0.25, 0.3) is 11.3 Å². The summed E-state index contributed by atoms with van der Waals surface area (Å²) in [7, 11) is 2.00. The minimum Gasteiger partial charge on any atom is -0.357 e. The number of aromatic amines is 1. The van der Waals surface area contributed by atoms with E-state index in [-0.39, 0.29) is 11.8 Å². The number of aromatic nitrogens is 2. The number of benzene rings is 1. The topological polar surface area (TPSA) is 85.4 Å². The van der Waals surface area contributed by atoms with Crippen LogP contribution in [0.4, 0.5) is 0 Å². The smallest absolute Gasteiger partial charge is 0.223 e. The summed E-state index contributed by atoms with van der Waals surface area (Å²) in [6, 6.07) is 10.2. The van der Waals surface area contributed by atoms with E-state index in [1.54, 1.807) is 0 Å². The molecule has 1 amide bonds. The van der Waals surface area contributed by atoms with Crippen LogP contribution in [0.5, 0.6) is 0 Å². The zero-order chi connectivity index (χ0) is 20.5. The minimum absolute atomic E-state index is 0.205. The van der Waals surface area contributed by atoms with Crippen molar-refractivity contribution < 1.29 is 4.79 Å². The second kappa shape index (κ2) is 10.6. The van der Waals surface area contributed by atoms with Crippen molar-refractivity contribution in [3.05, 3.63) is 42.4 Å². The zero-order valence-corrected chi connectivity index (χ0v) is 17.4. The first-order chi connectivity index (χ1) is 14.2. The van der Waals surface area contributed by atoms with Crippen molar-refractivity contribution in [2.24, 2.45) is 10.9 Å². The molecule has 3 N–H and O–H groups in total. The molecule has 0 atom stereocenters. The van der Waals surface area contributed by atoms with Crippen molar-refractivity contribution in [3.8, 4) is 11.3 Å². The second-order valence-corrected chi connectivity index (χ2v) is 7.47. The maximum absolute atomic E-state index is 11.9. The Morgan fingerprint density at radius 1 is 1.28 bits per heavy atom. The highest BCUT2D eigenvalue weighted by Crippen LogP contribution is 2.26. The Balaban J connectivity index is 1.48. The molecule has 1 saturated carbocycles. The molecule has 1 heterocycles. The lowest BCUT2D eigenvalue weighted by Gasteiger charge is -2.24. The lowest BCUT2D eigenvalue weighted by atomic mass is 9.85. The molecular weight excluding hydrogens is 364 g/mol. The molecule has 2 aromatic rings. The molecule has 7 heteroatoms. The van der Waals surface area contributed by atoms with Gasteiger partial charge in [-0.3, -0.25) is 9.79 Å². The number of rotatable bonds is 9. The van der Waals surface area contributed by atoms with Gasteiger partial charge in [-0.05, 0) is 31.7 Å². The third-order valence-electron chi connectivity index (χ3n) is 5.17. The van der Waals surface area contributed by atoms with E-state index in [9.17, 15) is 4.79 Å².